The second-order valence-corrected chi connectivity index (χ2v) is 6.17. The monoisotopic (exact) mass is 319 g/mol. The molecule has 122 valence electrons. The Hall–Kier alpha value is -2.24. The minimum Gasteiger partial charge on any atom is -0.338 e. The topological polar surface area (TPSA) is 38.1 Å². The molecule has 1 saturated heterocycles. The van der Waals surface area contributed by atoms with Crippen molar-refractivity contribution < 1.29 is 13.6 Å². The molecule has 1 amide bonds. The lowest BCUT2D eigenvalue weighted by molar-refractivity contribution is 0.0790. The smallest absolute Gasteiger partial charge is 0.257 e. The highest BCUT2D eigenvalue weighted by atomic mass is 19.1. The number of hydrogen-bond acceptors (Lipinski definition) is 2. The third-order valence-electron chi connectivity index (χ3n) is 4.26. The summed E-state index contributed by atoms with van der Waals surface area (Å²) in [4.78, 5) is 14.2. The first-order chi connectivity index (χ1) is 11.0. The third kappa shape index (κ3) is 2.98. The van der Waals surface area contributed by atoms with E-state index < -0.39 is 11.6 Å². The van der Waals surface area contributed by atoms with Crippen LogP contribution >= 0.6 is 0 Å². The van der Waals surface area contributed by atoms with Gasteiger partial charge in [-0.2, -0.15) is 5.10 Å². The van der Waals surface area contributed by atoms with Crippen LogP contribution in [0.3, 0.4) is 0 Å². The van der Waals surface area contributed by atoms with Crippen molar-refractivity contribution in [2.75, 3.05) is 13.1 Å². The van der Waals surface area contributed by atoms with Crippen molar-refractivity contribution in [2.45, 2.75) is 32.2 Å². The van der Waals surface area contributed by atoms with Crippen LogP contribution in [0.1, 0.15) is 48.1 Å². The molecule has 23 heavy (non-hydrogen) atoms. The van der Waals surface area contributed by atoms with Crippen LogP contribution in [0.2, 0.25) is 0 Å². The van der Waals surface area contributed by atoms with Crippen LogP contribution < -0.4 is 0 Å². The highest BCUT2D eigenvalue weighted by Crippen LogP contribution is 2.31. The minimum absolute atomic E-state index is 0.0840. The lowest BCUT2D eigenvalue weighted by atomic mass is 9.97. The Bertz CT molecular complexity index is 706. The van der Waals surface area contributed by atoms with Gasteiger partial charge in [0.1, 0.15) is 11.6 Å². The first kappa shape index (κ1) is 15.6. The normalized spacial score (nSPS) is 18.0. The molecule has 2 heterocycles. The lowest BCUT2D eigenvalue weighted by Crippen LogP contribution is -2.28. The molecule has 4 nitrogen and oxygen atoms in total. The number of halogens is 2. The second kappa shape index (κ2) is 6.10. The van der Waals surface area contributed by atoms with E-state index in [1.807, 2.05) is 13.8 Å². The molecule has 1 aromatic carbocycles. The zero-order valence-corrected chi connectivity index (χ0v) is 13.2. The molecule has 1 aliphatic rings. The Balaban J connectivity index is 1.75. The van der Waals surface area contributed by atoms with Crippen LogP contribution in [0.5, 0.6) is 0 Å². The van der Waals surface area contributed by atoms with E-state index in [9.17, 15) is 13.6 Å². The van der Waals surface area contributed by atoms with Gasteiger partial charge in [0, 0.05) is 36.8 Å². The van der Waals surface area contributed by atoms with E-state index in [4.69, 9.17) is 0 Å². The quantitative estimate of drug-likeness (QED) is 0.870. The maximum atomic E-state index is 13.9. The molecule has 0 spiro atoms. The number of benzene rings is 1. The molecule has 1 aliphatic heterocycles. The summed E-state index contributed by atoms with van der Waals surface area (Å²) >= 11 is 0. The largest absolute Gasteiger partial charge is 0.338 e. The first-order valence-electron chi connectivity index (χ1n) is 7.74. The summed E-state index contributed by atoms with van der Waals surface area (Å²) in [6.45, 7) is 4.77. The Morgan fingerprint density at radius 1 is 1.30 bits per heavy atom. The van der Waals surface area contributed by atoms with Gasteiger partial charge in [-0.15, -0.1) is 0 Å². The molecular formula is C17H19F2N3O. The van der Waals surface area contributed by atoms with Gasteiger partial charge in [-0.3, -0.25) is 9.48 Å². The molecule has 0 unspecified atom stereocenters. The van der Waals surface area contributed by atoms with Crippen molar-refractivity contribution in [1.29, 1.82) is 0 Å². The number of likely N-dealkylation sites (tertiary alicyclic amines) is 1. The number of rotatable bonds is 3. The SMILES string of the molecule is CC(C)n1cc(C(=O)N2CC[C@H](c3c(F)cccc3F)C2)cn1. The number of carbonyl (C=O) groups is 1. The fourth-order valence-electron chi connectivity index (χ4n) is 2.99. The van der Waals surface area contributed by atoms with Crippen LogP contribution in [0.15, 0.2) is 30.6 Å². The summed E-state index contributed by atoms with van der Waals surface area (Å²) in [6, 6.07) is 4.05. The van der Waals surface area contributed by atoms with Crippen LogP contribution in [-0.2, 0) is 0 Å². The number of nitrogens with zero attached hydrogens (tertiary/aromatic N) is 3. The summed E-state index contributed by atoms with van der Waals surface area (Å²) in [5, 5.41) is 4.16. The molecule has 2 aromatic rings. The Labute approximate surface area is 133 Å². The van der Waals surface area contributed by atoms with E-state index in [2.05, 4.69) is 5.10 Å². The van der Waals surface area contributed by atoms with Gasteiger partial charge < -0.3 is 4.90 Å². The van der Waals surface area contributed by atoms with Gasteiger partial charge in [0.2, 0.25) is 0 Å². The molecule has 0 radical (unpaired) electrons. The van der Waals surface area contributed by atoms with Crippen molar-refractivity contribution in [3.05, 3.63) is 53.4 Å². The molecule has 0 N–H and O–H groups in total. The van der Waals surface area contributed by atoms with E-state index in [1.165, 1.54) is 18.2 Å². The van der Waals surface area contributed by atoms with Crippen molar-refractivity contribution in [1.82, 2.24) is 14.7 Å². The molecule has 1 atom stereocenters. The molecule has 0 saturated carbocycles. The summed E-state index contributed by atoms with van der Waals surface area (Å²) in [6.07, 6.45) is 3.81. The number of aromatic nitrogens is 2. The van der Waals surface area contributed by atoms with Gasteiger partial charge in [-0.05, 0) is 32.4 Å². The van der Waals surface area contributed by atoms with Crippen LogP contribution in [0.25, 0.3) is 0 Å². The first-order valence-corrected chi connectivity index (χ1v) is 7.74. The molecule has 0 aliphatic carbocycles. The van der Waals surface area contributed by atoms with Gasteiger partial charge in [-0.25, -0.2) is 8.78 Å². The number of hydrogen-bond donors (Lipinski definition) is 0. The van der Waals surface area contributed by atoms with Crippen LogP contribution in [0.4, 0.5) is 8.78 Å². The number of amides is 1. The summed E-state index contributed by atoms with van der Waals surface area (Å²) in [7, 11) is 0. The second-order valence-electron chi connectivity index (χ2n) is 6.17. The van der Waals surface area contributed by atoms with Gasteiger partial charge in [0.05, 0.1) is 11.8 Å². The van der Waals surface area contributed by atoms with Crippen molar-refractivity contribution in [2.24, 2.45) is 0 Å². The zero-order chi connectivity index (χ0) is 16.6. The summed E-state index contributed by atoms with van der Waals surface area (Å²) < 4.78 is 29.5. The van der Waals surface area contributed by atoms with Gasteiger partial charge in [0.15, 0.2) is 0 Å². The van der Waals surface area contributed by atoms with Crippen molar-refractivity contribution in [3.8, 4) is 0 Å². The Kier molecular flexibility index (Phi) is 4.15. The zero-order valence-electron chi connectivity index (χ0n) is 13.2. The van der Waals surface area contributed by atoms with Gasteiger partial charge in [0.25, 0.3) is 5.91 Å². The molecule has 0 bridgehead atoms. The molecule has 6 heteroatoms. The Morgan fingerprint density at radius 2 is 2.00 bits per heavy atom. The van der Waals surface area contributed by atoms with Crippen LogP contribution in [-0.4, -0.2) is 33.7 Å². The molecule has 3 rings (SSSR count). The maximum absolute atomic E-state index is 13.9. The molecule has 1 fully saturated rings. The third-order valence-corrected chi connectivity index (χ3v) is 4.26. The highest BCUT2D eigenvalue weighted by molar-refractivity contribution is 5.94. The van der Waals surface area contributed by atoms with E-state index in [0.29, 0.717) is 25.1 Å². The predicted octanol–water partition coefficient (Wildman–Crippen LogP) is 3.37. The Morgan fingerprint density at radius 3 is 2.61 bits per heavy atom. The van der Waals surface area contributed by atoms with E-state index in [-0.39, 0.29) is 23.4 Å². The predicted molar refractivity (Wildman–Crippen MR) is 82.2 cm³/mol. The molecular weight excluding hydrogens is 300 g/mol. The van der Waals surface area contributed by atoms with Gasteiger partial charge in [-0.1, -0.05) is 6.07 Å². The fourth-order valence-corrected chi connectivity index (χ4v) is 2.99. The van der Waals surface area contributed by atoms with Crippen LogP contribution in [0, 0.1) is 11.6 Å². The highest BCUT2D eigenvalue weighted by Gasteiger charge is 2.31. The van der Waals surface area contributed by atoms with E-state index in [1.54, 1.807) is 22.0 Å². The van der Waals surface area contributed by atoms with Crippen molar-refractivity contribution in [3.63, 3.8) is 0 Å². The standard InChI is InChI=1S/C17H19F2N3O/c1-11(2)22-10-13(8-20-22)17(23)21-7-6-12(9-21)16-14(18)4-3-5-15(16)19/h3-5,8,10-12H,6-7,9H2,1-2H3/t12-/m0/s1. The fraction of sp³-hybridized carbons (Fsp3) is 0.412. The summed E-state index contributed by atoms with van der Waals surface area (Å²) in [5.74, 6) is -1.54. The maximum Gasteiger partial charge on any atom is 0.257 e. The number of carbonyl (C=O) groups excluding carboxylic acids is 1. The minimum atomic E-state index is -0.545. The van der Waals surface area contributed by atoms with Crippen molar-refractivity contribution >= 4 is 5.91 Å². The average Bonchev–Trinajstić information content (AvgIpc) is 3.16. The average molecular weight is 319 g/mol. The lowest BCUT2D eigenvalue weighted by Gasteiger charge is -2.16. The van der Waals surface area contributed by atoms with E-state index >= 15 is 0 Å². The van der Waals surface area contributed by atoms with Gasteiger partial charge >= 0.3 is 0 Å². The summed E-state index contributed by atoms with van der Waals surface area (Å²) in [5.41, 5.74) is 0.592. The van der Waals surface area contributed by atoms with E-state index in [0.717, 1.165) is 0 Å². The molecule has 1 aromatic heterocycles.